The summed E-state index contributed by atoms with van der Waals surface area (Å²) < 4.78 is 32.9. The van der Waals surface area contributed by atoms with E-state index in [0.29, 0.717) is 5.56 Å². The minimum absolute atomic E-state index is 0.000946. The third-order valence-corrected chi connectivity index (χ3v) is 15.7. The summed E-state index contributed by atoms with van der Waals surface area (Å²) in [7, 11) is -3.86. The van der Waals surface area contributed by atoms with Gasteiger partial charge in [-0.05, 0) is 0 Å². The van der Waals surface area contributed by atoms with E-state index in [1.165, 1.54) is 48.5 Å². The number of carbonyl (C=O) groups excluding carboxylic acids is 1. The van der Waals surface area contributed by atoms with Gasteiger partial charge in [0.2, 0.25) is 0 Å². The van der Waals surface area contributed by atoms with E-state index in [1.54, 1.807) is 0 Å². The van der Waals surface area contributed by atoms with Crippen LogP contribution in [0.1, 0.15) is 99.8 Å². The molecule has 38 heavy (non-hydrogen) atoms. The van der Waals surface area contributed by atoms with Crippen LogP contribution in [0.15, 0.2) is 58.3 Å². The molecule has 0 saturated carbocycles. The molecule has 0 aromatic heterocycles. The molecule has 0 bridgehead atoms. The monoisotopic (exact) mass is 564 g/mol. The summed E-state index contributed by atoms with van der Waals surface area (Å²) in [5, 5.41) is 9.08. The van der Waals surface area contributed by atoms with E-state index in [9.17, 15) is 18.0 Å². The van der Waals surface area contributed by atoms with Crippen LogP contribution in [0, 0.1) is 0 Å². The third-order valence-electron chi connectivity index (χ3n) is 7.46. The molecule has 0 heterocycles. The van der Waals surface area contributed by atoms with Crippen molar-refractivity contribution < 1.29 is 27.6 Å². The number of carboxylic acids is 1. The summed E-state index contributed by atoms with van der Waals surface area (Å²) in [6.07, 6.45) is 12.2. The van der Waals surface area contributed by atoms with E-state index in [2.05, 4.69) is 27.7 Å². The number of unbranched alkanes of at least 4 members (excludes halogenated alkanes) is 4. The van der Waals surface area contributed by atoms with Gasteiger partial charge in [0, 0.05) is 0 Å². The van der Waals surface area contributed by atoms with Gasteiger partial charge in [0.1, 0.15) is 0 Å². The van der Waals surface area contributed by atoms with E-state index < -0.39 is 22.6 Å². The second kappa shape index (κ2) is 14.2. The normalized spacial score (nSPS) is 13.0. The number of carboxylic acid groups (broad SMARTS) is 1. The summed E-state index contributed by atoms with van der Waals surface area (Å²) in [5.74, 6) is -1.47. The molecule has 0 atom stereocenters. The van der Waals surface area contributed by atoms with Crippen LogP contribution in [0.2, 0.25) is 0 Å². The fraction of sp³-hybridized carbons (Fsp3) is 0.533. The number of aromatic carboxylic acids is 1. The Kier molecular flexibility index (Phi) is 12.0. The number of hydrogen-bond acceptors (Lipinski definition) is 5. The quantitative estimate of drug-likeness (QED) is 0.195. The second-order valence-electron chi connectivity index (χ2n) is 10.4. The molecule has 2 aromatic rings. The van der Waals surface area contributed by atoms with Crippen molar-refractivity contribution in [2.75, 3.05) is 24.6 Å². The molecule has 0 saturated heterocycles. The van der Waals surface area contributed by atoms with Crippen LogP contribution < -0.4 is 0 Å². The van der Waals surface area contributed by atoms with Crippen LogP contribution >= 0.6 is 6.83 Å². The van der Waals surface area contributed by atoms with Gasteiger partial charge in [-0.1, -0.05) is 0 Å². The zero-order valence-corrected chi connectivity index (χ0v) is 25.2. The zero-order valence-electron chi connectivity index (χ0n) is 23.4. The Morgan fingerprint density at radius 2 is 1.00 bits per heavy atom. The standard InChI is InChI=1S/C30H45O6PS/c1-5-9-21-37(22-10-6-2,23-11-7-3,24-12-8-4)36-30(33)26-15-19-28(20-16-26)38(34,35)27-17-13-25(14-18-27)29(31)32/h13-20H,5-12,21-24H2,1-4H3,(H,31,32). The van der Waals surface area contributed by atoms with Gasteiger partial charge in [-0.2, -0.15) is 0 Å². The second-order valence-corrected chi connectivity index (χ2v) is 18.0. The molecule has 8 heteroatoms. The van der Waals surface area contributed by atoms with Crippen LogP contribution in [0.5, 0.6) is 0 Å². The first-order valence-corrected chi connectivity index (χ1v) is 18.4. The number of benzene rings is 2. The van der Waals surface area contributed by atoms with Crippen LogP contribution in [0.3, 0.4) is 0 Å². The molecule has 0 aliphatic rings. The molecule has 0 spiro atoms. The summed E-state index contributed by atoms with van der Waals surface area (Å²) >= 11 is 0. The molecule has 212 valence electrons. The van der Waals surface area contributed by atoms with Gasteiger partial charge >= 0.3 is 220 Å². The summed E-state index contributed by atoms with van der Waals surface area (Å²) in [6, 6.07) is 11.0. The first kappa shape index (κ1) is 32.0. The van der Waals surface area contributed by atoms with Crippen molar-refractivity contribution in [3.63, 3.8) is 0 Å². The van der Waals surface area contributed by atoms with E-state index in [1.807, 2.05) is 0 Å². The average molecular weight is 565 g/mol. The Morgan fingerprint density at radius 1 is 0.658 bits per heavy atom. The van der Waals surface area contributed by atoms with Crippen molar-refractivity contribution in [1.82, 2.24) is 0 Å². The van der Waals surface area contributed by atoms with Gasteiger partial charge in [0.05, 0.1) is 0 Å². The van der Waals surface area contributed by atoms with Gasteiger partial charge in [-0.25, -0.2) is 4.79 Å². The first-order valence-electron chi connectivity index (χ1n) is 14.0. The molecular weight excluding hydrogens is 519 g/mol. The van der Waals surface area contributed by atoms with Crippen LogP contribution in [0.25, 0.3) is 0 Å². The van der Waals surface area contributed by atoms with E-state index in [-0.39, 0.29) is 21.3 Å². The number of rotatable bonds is 17. The molecule has 2 aromatic carbocycles. The van der Waals surface area contributed by atoms with Crippen molar-refractivity contribution in [1.29, 1.82) is 0 Å². The fourth-order valence-electron chi connectivity index (χ4n) is 5.06. The Morgan fingerprint density at radius 3 is 1.32 bits per heavy atom. The molecule has 6 nitrogen and oxygen atoms in total. The molecule has 0 radical (unpaired) electrons. The minimum atomic E-state index is -3.86. The van der Waals surface area contributed by atoms with Crippen molar-refractivity contribution in [3.05, 3.63) is 59.7 Å². The zero-order chi connectivity index (χ0) is 28.3. The van der Waals surface area contributed by atoms with E-state index >= 15 is 0 Å². The van der Waals surface area contributed by atoms with Gasteiger partial charge in [0.15, 0.2) is 0 Å². The number of sulfone groups is 1. The van der Waals surface area contributed by atoms with Crippen LogP contribution in [-0.2, 0) is 14.4 Å². The van der Waals surface area contributed by atoms with Gasteiger partial charge in [0.25, 0.3) is 0 Å². The topological polar surface area (TPSA) is 97.7 Å². The average Bonchev–Trinajstić information content (AvgIpc) is 2.93. The molecule has 0 amide bonds. The Bertz CT molecular complexity index is 1110. The predicted octanol–water partition coefficient (Wildman–Crippen LogP) is 8.04. The first-order chi connectivity index (χ1) is 18.1. The Balaban J connectivity index is 2.41. The molecule has 2 rings (SSSR count). The fourth-order valence-corrected chi connectivity index (χ4v) is 13.1. The maximum absolute atomic E-state index is 13.7. The molecular formula is C30H45O6PS. The van der Waals surface area contributed by atoms with Crippen LogP contribution in [-0.4, -0.2) is 50.1 Å². The molecule has 0 fully saturated rings. The Labute approximate surface area is 229 Å². The van der Waals surface area contributed by atoms with Crippen molar-refractivity contribution in [2.24, 2.45) is 0 Å². The van der Waals surface area contributed by atoms with Crippen molar-refractivity contribution in [3.8, 4) is 0 Å². The predicted molar refractivity (Wildman–Crippen MR) is 157 cm³/mol. The summed E-state index contributed by atoms with van der Waals surface area (Å²) in [5.41, 5.74) is 0.376. The summed E-state index contributed by atoms with van der Waals surface area (Å²) in [4.78, 5) is 24.8. The van der Waals surface area contributed by atoms with Gasteiger partial charge < -0.3 is 5.11 Å². The van der Waals surface area contributed by atoms with Crippen molar-refractivity contribution in [2.45, 2.75) is 88.9 Å². The molecule has 0 unspecified atom stereocenters. The van der Waals surface area contributed by atoms with Crippen LogP contribution in [0.4, 0.5) is 0 Å². The number of hydrogen-bond donors (Lipinski definition) is 1. The Hall–Kier alpha value is -2.24. The number of carbonyl (C=O) groups is 2. The maximum atomic E-state index is 13.7. The third kappa shape index (κ3) is 7.89. The summed E-state index contributed by atoms with van der Waals surface area (Å²) in [6.45, 7) is 5.92. The van der Waals surface area contributed by atoms with E-state index in [4.69, 9.17) is 9.63 Å². The molecule has 1 N–H and O–H groups in total. The van der Waals surface area contributed by atoms with E-state index in [0.717, 1.165) is 76.0 Å². The van der Waals surface area contributed by atoms with Gasteiger partial charge in [-0.15, -0.1) is 0 Å². The SMILES string of the molecule is CCCCP(CCCC)(CCCC)(CCCC)OC(=O)c1ccc(S(=O)(=O)c2ccc(C(=O)O)cc2)cc1. The van der Waals surface area contributed by atoms with Gasteiger partial charge in [-0.3, -0.25) is 0 Å². The van der Waals surface area contributed by atoms with Crippen molar-refractivity contribution >= 4 is 28.6 Å². The molecule has 0 aliphatic heterocycles. The molecule has 0 aliphatic carbocycles.